The number of benzene rings is 1. The minimum Gasteiger partial charge on any atom is -0.367 e. The van der Waals surface area contributed by atoms with Gasteiger partial charge in [-0.15, -0.1) is 0 Å². The Morgan fingerprint density at radius 2 is 2.17 bits per heavy atom. The van der Waals surface area contributed by atoms with Gasteiger partial charge >= 0.3 is 0 Å². The van der Waals surface area contributed by atoms with Gasteiger partial charge in [0.1, 0.15) is 29.8 Å². The molecule has 1 aliphatic carbocycles. The number of hydrogen-bond acceptors (Lipinski definition) is 6. The Morgan fingerprint density at radius 3 is 2.90 bits per heavy atom. The Kier molecular flexibility index (Phi) is 4.57. The van der Waals surface area contributed by atoms with E-state index >= 15 is 0 Å². The number of aryl methyl sites for hydroxylation is 1. The van der Waals surface area contributed by atoms with Gasteiger partial charge in [-0.3, -0.25) is 9.79 Å². The summed E-state index contributed by atoms with van der Waals surface area (Å²) in [6, 6.07) is 7.44. The minimum atomic E-state index is -0.211. The molecule has 0 atom stereocenters. The summed E-state index contributed by atoms with van der Waals surface area (Å²) in [4.78, 5) is 20.9. The van der Waals surface area contributed by atoms with Gasteiger partial charge in [0.15, 0.2) is 5.65 Å². The van der Waals surface area contributed by atoms with Crippen LogP contribution in [0.1, 0.15) is 29.5 Å². The first-order valence-electron chi connectivity index (χ1n) is 10.0. The number of nitrogens with zero attached hydrogens (tertiary/aromatic N) is 4. The standard InChI is InChI=1S/C21H22FN7O/c1-12-6-13(2-5-16(12)22)9-23-18-8-19(27-15-3-4-15)29-20(28-18)14(10-26-29)7-17-21(30)25-11-24-17/h2,5-6,8,10,15,27H,3-4,7,9,11H2,1H3,(H,23,28)(H,25,30). The van der Waals surface area contributed by atoms with Gasteiger partial charge in [0.2, 0.25) is 0 Å². The van der Waals surface area contributed by atoms with Crippen LogP contribution in [-0.4, -0.2) is 38.9 Å². The highest BCUT2D eigenvalue weighted by atomic mass is 19.1. The minimum absolute atomic E-state index is 0.147. The van der Waals surface area contributed by atoms with Crippen molar-refractivity contribution < 1.29 is 9.18 Å². The van der Waals surface area contributed by atoms with Crippen LogP contribution in [-0.2, 0) is 17.8 Å². The molecule has 1 fully saturated rings. The molecule has 9 heteroatoms. The fraction of sp³-hybridized carbons (Fsp3) is 0.333. The van der Waals surface area contributed by atoms with Gasteiger partial charge in [-0.25, -0.2) is 9.37 Å². The molecule has 1 saturated carbocycles. The second-order valence-electron chi connectivity index (χ2n) is 7.73. The number of amides is 1. The van der Waals surface area contributed by atoms with Crippen LogP contribution in [0.4, 0.5) is 16.0 Å². The summed E-state index contributed by atoms with van der Waals surface area (Å²) in [7, 11) is 0. The molecule has 8 nitrogen and oxygen atoms in total. The van der Waals surface area contributed by atoms with Crippen LogP contribution >= 0.6 is 0 Å². The number of aliphatic imine (C=N–C) groups is 1. The van der Waals surface area contributed by atoms with Crippen molar-refractivity contribution in [3.8, 4) is 0 Å². The maximum atomic E-state index is 13.5. The number of hydrogen-bond donors (Lipinski definition) is 3. The third-order valence-electron chi connectivity index (χ3n) is 5.30. The summed E-state index contributed by atoms with van der Waals surface area (Å²) in [6.45, 7) is 2.59. The number of carbonyl (C=O) groups excluding carboxylic acids is 1. The zero-order valence-corrected chi connectivity index (χ0v) is 16.6. The Morgan fingerprint density at radius 1 is 1.30 bits per heavy atom. The Bertz CT molecular complexity index is 1170. The molecule has 1 amide bonds. The van der Waals surface area contributed by atoms with E-state index in [-0.39, 0.29) is 11.7 Å². The first-order chi connectivity index (χ1) is 14.6. The Balaban J connectivity index is 1.45. The topological polar surface area (TPSA) is 95.7 Å². The molecule has 3 aromatic rings. The van der Waals surface area contributed by atoms with E-state index in [1.54, 1.807) is 23.7 Å². The van der Waals surface area contributed by atoms with Crippen molar-refractivity contribution in [1.29, 1.82) is 0 Å². The molecule has 1 aromatic carbocycles. The lowest BCUT2D eigenvalue weighted by molar-refractivity contribution is -0.114. The zero-order valence-electron chi connectivity index (χ0n) is 16.6. The number of fused-ring (bicyclic) bond motifs is 1. The molecule has 0 unspecified atom stereocenters. The van der Waals surface area contributed by atoms with Crippen LogP contribution < -0.4 is 16.0 Å². The lowest BCUT2D eigenvalue weighted by Crippen LogP contribution is -2.24. The Labute approximate surface area is 172 Å². The van der Waals surface area contributed by atoms with Crippen LogP contribution in [0.25, 0.3) is 5.65 Å². The van der Waals surface area contributed by atoms with Gasteiger partial charge < -0.3 is 16.0 Å². The molecule has 30 heavy (non-hydrogen) atoms. The summed E-state index contributed by atoms with van der Waals surface area (Å²) in [5.74, 6) is 1.18. The SMILES string of the molecule is Cc1cc(CNc2cc(NC3CC3)n3ncc(CC4=NCNC4=O)c3n2)ccc1F. The molecular formula is C21H22FN7O. The van der Waals surface area contributed by atoms with Crippen LogP contribution in [0.2, 0.25) is 0 Å². The van der Waals surface area contributed by atoms with Crippen LogP contribution in [0, 0.1) is 12.7 Å². The van der Waals surface area contributed by atoms with Gasteiger partial charge in [-0.2, -0.15) is 9.61 Å². The quantitative estimate of drug-likeness (QED) is 0.559. The van der Waals surface area contributed by atoms with E-state index in [9.17, 15) is 9.18 Å². The molecule has 0 radical (unpaired) electrons. The molecule has 2 aromatic heterocycles. The lowest BCUT2D eigenvalue weighted by Gasteiger charge is -2.12. The molecule has 5 rings (SSSR count). The van der Waals surface area contributed by atoms with Crippen molar-refractivity contribution in [2.24, 2.45) is 4.99 Å². The molecule has 2 aliphatic rings. The van der Waals surface area contributed by atoms with E-state index in [4.69, 9.17) is 4.98 Å². The summed E-state index contributed by atoms with van der Waals surface area (Å²) in [5.41, 5.74) is 3.59. The monoisotopic (exact) mass is 407 g/mol. The fourth-order valence-corrected chi connectivity index (χ4v) is 3.47. The molecule has 3 heterocycles. The number of rotatable bonds is 7. The molecule has 0 saturated heterocycles. The molecule has 0 spiro atoms. The highest BCUT2D eigenvalue weighted by Crippen LogP contribution is 2.27. The van der Waals surface area contributed by atoms with Crippen LogP contribution in [0.15, 0.2) is 35.5 Å². The average molecular weight is 407 g/mol. The summed E-state index contributed by atoms with van der Waals surface area (Å²) in [6.07, 6.45) is 4.38. The van der Waals surface area contributed by atoms with Gasteiger partial charge in [-0.05, 0) is 37.0 Å². The van der Waals surface area contributed by atoms with E-state index in [1.165, 1.54) is 6.07 Å². The molecule has 1 aliphatic heterocycles. The first kappa shape index (κ1) is 18.5. The summed E-state index contributed by atoms with van der Waals surface area (Å²) < 4.78 is 15.3. The molecule has 0 bridgehead atoms. The van der Waals surface area contributed by atoms with Crippen molar-refractivity contribution in [1.82, 2.24) is 19.9 Å². The number of aromatic nitrogens is 3. The van der Waals surface area contributed by atoms with E-state index in [0.29, 0.717) is 48.4 Å². The van der Waals surface area contributed by atoms with Gasteiger partial charge in [0, 0.05) is 30.6 Å². The molecule has 3 N–H and O–H groups in total. The van der Waals surface area contributed by atoms with Crippen molar-refractivity contribution >= 4 is 28.9 Å². The highest BCUT2D eigenvalue weighted by Gasteiger charge is 2.24. The van der Waals surface area contributed by atoms with Crippen molar-refractivity contribution in [3.05, 3.63) is 53.0 Å². The smallest absolute Gasteiger partial charge is 0.267 e. The number of carbonyl (C=O) groups is 1. The van der Waals surface area contributed by atoms with Gasteiger partial charge in [-0.1, -0.05) is 12.1 Å². The zero-order chi connectivity index (χ0) is 20.7. The van der Waals surface area contributed by atoms with Crippen LogP contribution in [0.5, 0.6) is 0 Å². The number of halogens is 1. The second kappa shape index (κ2) is 7.40. The average Bonchev–Trinajstić information content (AvgIpc) is 3.32. The van der Waals surface area contributed by atoms with E-state index < -0.39 is 0 Å². The van der Waals surface area contributed by atoms with Crippen LogP contribution in [0.3, 0.4) is 0 Å². The van der Waals surface area contributed by atoms with Gasteiger partial charge in [0.25, 0.3) is 5.91 Å². The van der Waals surface area contributed by atoms with Crippen molar-refractivity contribution in [2.45, 2.75) is 38.8 Å². The Hall–Kier alpha value is -3.49. The highest BCUT2D eigenvalue weighted by molar-refractivity contribution is 6.40. The van der Waals surface area contributed by atoms with E-state index in [0.717, 1.165) is 29.8 Å². The lowest BCUT2D eigenvalue weighted by atomic mass is 10.1. The number of anilines is 2. The first-order valence-corrected chi connectivity index (χ1v) is 10.0. The largest absolute Gasteiger partial charge is 0.367 e. The third-order valence-corrected chi connectivity index (χ3v) is 5.30. The second-order valence-corrected chi connectivity index (χ2v) is 7.73. The maximum absolute atomic E-state index is 13.5. The van der Waals surface area contributed by atoms with E-state index in [2.05, 4.69) is 26.0 Å². The number of nitrogens with one attached hydrogen (secondary N) is 3. The van der Waals surface area contributed by atoms with E-state index in [1.807, 2.05) is 12.1 Å². The fourth-order valence-electron chi connectivity index (χ4n) is 3.47. The van der Waals surface area contributed by atoms with Crippen molar-refractivity contribution in [2.75, 3.05) is 17.3 Å². The maximum Gasteiger partial charge on any atom is 0.267 e. The normalized spacial score (nSPS) is 15.9. The molecular weight excluding hydrogens is 385 g/mol. The summed E-state index contributed by atoms with van der Waals surface area (Å²) in [5, 5.41) is 14.0. The third kappa shape index (κ3) is 3.70. The predicted octanol–water partition coefficient (Wildman–Crippen LogP) is 2.43. The van der Waals surface area contributed by atoms with Crippen molar-refractivity contribution in [3.63, 3.8) is 0 Å². The van der Waals surface area contributed by atoms with Gasteiger partial charge in [0.05, 0.1) is 6.20 Å². The molecule has 154 valence electrons. The summed E-state index contributed by atoms with van der Waals surface area (Å²) >= 11 is 0. The predicted molar refractivity (Wildman–Crippen MR) is 112 cm³/mol.